The van der Waals surface area contributed by atoms with Gasteiger partial charge in [0.25, 0.3) is 11.6 Å². The van der Waals surface area contributed by atoms with E-state index in [1.807, 2.05) is 18.7 Å². The standard InChI is InChI=1S/C16H20N4O5S/c1-4-19(5-2)16-18-15(22)13(26-16)9-14(21)17-11-8-10(20(23)24)6-7-12(11)25-3/h6-8,13H,4-5,9H2,1-3H3,(H,17,21). The number of hydrogen-bond acceptors (Lipinski definition) is 7. The van der Waals surface area contributed by atoms with Gasteiger partial charge in [0.05, 0.1) is 17.7 Å². The third-order valence-corrected chi connectivity index (χ3v) is 5.01. The largest absolute Gasteiger partial charge is 0.495 e. The molecule has 0 aliphatic carbocycles. The summed E-state index contributed by atoms with van der Waals surface area (Å²) in [4.78, 5) is 40.7. The molecule has 9 nitrogen and oxygen atoms in total. The zero-order valence-corrected chi connectivity index (χ0v) is 15.5. The van der Waals surface area contributed by atoms with E-state index in [1.165, 1.54) is 37.1 Å². The molecule has 1 heterocycles. The topological polar surface area (TPSA) is 114 Å². The Kier molecular flexibility index (Phi) is 6.56. The molecule has 140 valence electrons. The zero-order chi connectivity index (χ0) is 19.3. The van der Waals surface area contributed by atoms with Crippen molar-refractivity contribution in [2.24, 2.45) is 4.99 Å². The van der Waals surface area contributed by atoms with Crippen molar-refractivity contribution in [3.05, 3.63) is 28.3 Å². The molecule has 0 spiro atoms. The van der Waals surface area contributed by atoms with Gasteiger partial charge in [0.2, 0.25) is 5.91 Å². The molecule has 1 unspecified atom stereocenters. The minimum atomic E-state index is -0.602. The van der Waals surface area contributed by atoms with Crippen molar-refractivity contribution < 1.29 is 19.2 Å². The number of nitro groups is 1. The van der Waals surface area contributed by atoms with Crippen LogP contribution in [0.5, 0.6) is 5.75 Å². The molecule has 0 fully saturated rings. The molecule has 0 radical (unpaired) electrons. The molecule has 1 aromatic rings. The first-order chi connectivity index (χ1) is 12.4. The molecule has 1 N–H and O–H groups in total. The Hall–Kier alpha value is -2.62. The van der Waals surface area contributed by atoms with E-state index in [4.69, 9.17) is 4.74 Å². The van der Waals surface area contributed by atoms with Crippen LogP contribution < -0.4 is 10.1 Å². The molecular weight excluding hydrogens is 360 g/mol. The number of nitrogens with zero attached hydrogens (tertiary/aromatic N) is 3. The highest BCUT2D eigenvalue weighted by molar-refractivity contribution is 8.15. The van der Waals surface area contributed by atoms with Crippen LogP contribution in [0.2, 0.25) is 0 Å². The second kappa shape index (κ2) is 8.65. The van der Waals surface area contributed by atoms with E-state index in [9.17, 15) is 19.7 Å². The monoisotopic (exact) mass is 380 g/mol. The Balaban J connectivity index is 2.05. The number of amidine groups is 1. The van der Waals surface area contributed by atoms with Gasteiger partial charge in [-0.1, -0.05) is 11.8 Å². The van der Waals surface area contributed by atoms with Crippen LogP contribution in [-0.4, -0.2) is 52.3 Å². The number of carbonyl (C=O) groups is 2. The first-order valence-corrected chi connectivity index (χ1v) is 8.93. The molecule has 2 rings (SSSR count). The summed E-state index contributed by atoms with van der Waals surface area (Å²) >= 11 is 1.26. The van der Waals surface area contributed by atoms with Gasteiger partial charge in [-0.2, -0.15) is 4.99 Å². The Morgan fingerprint density at radius 3 is 2.69 bits per heavy atom. The predicted molar refractivity (Wildman–Crippen MR) is 99.6 cm³/mol. The fourth-order valence-electron chi connectivity index (χ4n) is 2.42. The molecule has 26 heavy (non-hydrogen) atoms. The molecule has 1 aromatic carbocycles. The lowest BCUT2D eigenvalue weighted by atomic mass is 10.2. The fraction of sp³-hybridized carbons (Fsp3) is 0.438. The Morgan fingerprint density at radius 2 is 2.12 bits per heavy atom. The van der Waals surface area contributed by atoms with Crippen LogP contribution >= 0.6 is 11.8 Å². The summed E-state index contributed by atoms with van der Waals surface area (Å²) in [5.74, 6) is -0.488. The summed E-state index contributed by atoms with van der Waals surface area (Å²) in [6.45, 7) is 5.37. The van der Waals surface area contributed by atoms with E-state index in [2.05, 4.69) is 10.3 Å². The number of hydrogen-bond donors (Lipinski definition) is 1. The molecular formula is C16H20N4O5S. The summed E-state index contributed by atoms with van der Waals surface area (Å²) < 4.78 is 5.11. The lowest BCUT2D eigenvalue weighted by Gasteiger charge is -2.19. The van der Waals surface area contributed by atoms with E-state index in [1.54, 1.807) is 0 Å². The van der Waals surface area contributed by atoms with Crippen LogP contribution in [0.3, 0.4) is 0 Å². The molecule has 0 saturated carbocycles. The smallest absolute Gasteiger partial charge is 0.271 e. The van der Waals surface area contributed by atoms with Crippen LogP contribution in [0.15, 0.2) is 23.2 Å². The number of anilines is 1. The molecule has 0 saturated heterocycles. The summed E-state index contributed by atoms with van der Waals surface area (Å²) in [5.41, 5.74) is 0.0200. The molecule has 1 aliphatic heterocycles. The predicted octanol–water partition coefficient (Wildman–Crippen LogP) is 2.27. The third kappa shape index (κ3) is 4.51. The molecule has 1 aliphatic rings. The van der Waals surface area contributed by atoms with Crippen LogP contribution in [0.25, 0.3) is 0 Å². The van der Waals surface area contributed by atoms with Crippen molar-refractivity contribution in [3.63, 3.8) is 0 Å². The molecule has 0 bridgehead atoms. The van der Waals surface area contributed by atoms with Gasteiger partial charge in [0.1, 0.15) is 11.0 Å². The van der Waals surface area contributed by atoms with E-state index in [-0.39, 0.29) is 23.7 Å². The second-order valence-electron chi connectivity index (χ2n) is 5.41. The van der Waals surface area contributed by atoms with Crippen molar-refractivity contribution in [3.8, 4) is 5.75 Å². The normalized spacial score (nSPS) is 16.2. The summed E-state index contributed by atoms with van der Waals surface area (Å²) in [7, 11) is 1.40. The second-order valence-corrected chi connectivity index (χ2v) is 6.58. The number of amides is 2. The number of benzene rings is 1. The van der Waals surface area contributed by atoms with Crippen LogP contribution in [-0.2, 0) is 9.59 Å². The fourth-order valence-corrected chi connectivity index (χ4v) is 3.61. The quantitative estimate of drug-likeness (QED) is 0.570. The van der Waals surface area contributed by atoms with Gasteiger partial charge in [-0.25, -0.2) is 0 Å². The SMILES string of the molecule is CCN(CC)C1=NC(=O)C(CC(=O)Nc2cc([N+](=O)[O-])ccc2OC)S1. The lowest BCUT2D eigenvalue weighted by Crippen LogP contribution is -2.28. The number of ether oxygens (including phenoxy) is 1. The average Bonchev–Trinajstić information content (AvgIpc) is 2.96. The van der Waals surface area contributed by atoms with Crippen LogP contribution in [0.4, 0.5) is 11.4 Å². The Bertz CT molecular complexity index is 748. The lowest BCUT2D eigenvalue weighted by molar-refractivity contribution is -0.384. The van der Waals surface area contributed by atoms with Gasteiger partial charge in [-0.15, -0.1) is 0 Å². The van der Waals surface area contributed by atoms with Crippen molar-refractivity contribution in [1.82, 2.24) is 4.90 Å². The van der Waals surface area contributed by atoms with Gasteiger partial charge in [0.15, 0.2) is 5.17 Å². The summed E-state index contributed by atoms with van der Waals surface area (Å²) in [5, 5.41) is 13.5. The summed E-state index contributed by atoms with van der Waals surface area (Å²) in [6.07, 6.45) is -0.0797. The highest BCUT2D eigenvalue weighted by Crippen LogP contribution is 2.31. The van der Waals surface area contributed by atoms with Crippen LogP contribution in [0.1, 0.15) is 20.3 Å². The van der Waals surface area contributed by atoms with Crippen molar-refractivity contribution in [1.29, 1.82) is 0 Å². The maximum absolute atomic E-state index is 12.3. The van der Waals surface area contributed by atoms with Crippen molar-refractivity contribution in [2.75, 3.05) is 25.5 Å². The van der Waals surface area contributed by atoms with Gasteiger partial charge in [-0.05, 0) is 19.9 Å². The van der Waals surface area contributed by atoms with Gasteiger partial charge in [0, 0.05) is 31.6 Å². The van der Waals surface area contributed by atoms with E-state index in [0.29, 0.717) is 10.9 Å². The average molecular weight is 380 g/mol. The Morgan fingerprint density at radius 1 is 1.42 bits per heavy atom. The minimum absolute atomic E-state index is 0.0797. The molecule has 10 heteroatoms. The summed E-state index contributed by atoms with van der Waals surface area (Å²) in [6, 6.07) is 3.91. The first kappa shape index (κ1) is 19.7. The number of aliphatic imine (C=N–C) groups is 1. The van der Waals surface area contributed by atoms with Gasteiger partial charge >= 0.3 is 0 Å². The molecule has 0 aromatic heterocycles. The van der Waals surface area contributed by atoms with E-state index in [0.717, 1.165) is 13.1 Å². The van der Waals surface area contributed by atoms with Gasteiger partial charge in [-0.3, -0.25) is 19.7 Å². The number of nitro benzene ring substituents is 1. The zero-order valence-electron chi connectivity index (χ0n) is 14.7. The number of carbonyl (C=O) groups excluding carboxylic acids is 2. The highest BCUT2D eigenvalue weighted by Gasteiger charge is 2.32. The molecule has 1 atom stereocenters. The van der Waals surface area contributed by atoms with Crippen LogP contribution in [0, 0.1) is 10.1 Å². The van der Waals surface area contributed by atoms with Crippen molar-refractivity contribution in [2.45, 2.75) is 25.5 Å². The van der Waals surface area contributed by atoms with Crippen molar-refractivity contribution >= 4 is 40.1 Å². The number of methoxy groups -OCH3 is 1. The van der Waals surface area contributed by atoms with E-state index < -0.39 is 16.1 Å². The maximum atomic E-state index is 12.3. The highest BCUT2D eigenvalue weighted by atomic mass is 32.2. The minimum Gasteiger partial charge on any atom is -0.495 e. The van der Waals surface area contributed by atoms with E-state index >= 15 is 0 Å². The third-order valence-electron chi connectivity index (χ3n) is 3.80. The number of rotatable bonds is 7. The Labute approximate surface area is 154 Å². The first-order valence-electron chi connectivity index (χ1n) is 8.06. The van der Waals surface area contributed by atoms with Gasteiger partial charge < -0.3 is 15.0 Å². The maximum Gasteiger partial charge on any atom is 0.271 e. The number of thioether (sulfide) groups is 1. The number of non-ortho nitro benzene ring substituents is 1. The number of nitrogens with one attached hydrogen (secondary N) is 1. The molecule has 2 amide bonds.